The fourth-order valence-corrected chi connectivity index (χ4v) is 4.73. The number of hydrogen-bond acceptors (Lipinski definition) is 10. The number of rotatable bonds is 29. The molecule has 0 fully saturated rings. The van der Waals surface area contributed by atoms with Gasteiger partial charge in [0.1, 0.15) is 0 Å². The topological polar surface area (TPSA) is 171 Å². The Morgan fingerprint density at radius 2 is 1.10 bits per heavy atom. The fraction of sp³-hybridized carbons (Fsp3) is 0.816. The van der Waals surface area contributed by atoms with E-state index in [0.29, 0.717) is 85.4 Å². The van der Waals surface area contributed by atoms with Gasteiger partial charge in [0.2, 0.25) is 17.7 Å². The molecule has 3 N–H and O–H groups in total. The first-order valence-corrected chi connectivity index (χ1v) is 18.6. The smallest absolute Gasteiger partial charge is 0.253 e. The fourth-order valence-electron chi connectivity index (χ4n) is 4.73. The molecule has 0 atom stereocenters. The zero-order chi connectivity index (χ0) is 39.3. The Balaban J connectivity index is 1.97. The molecule has 0 aromatic carbocycles. The van der Waals surface area contributed by atoms with E-state index in [9.17, 15) is 24.0 Å². The quantitative estimate of drug-likeness (QED) is 0.0764. The molecule has 1 heterocycles. The molecule has 0 aromatic heterocycles. The predicted molar refractivity (Wildman–Crippen MR) is 198 cm³/mol. The molecule has 300 valence electrons. The Bertz CT molecular complexity index is 1130. The highest BCUT2D eigenvalue weighted by Crippen LogP contribution is 2.31. The lowest BCUT2D eigenvalue weighted by molar-refractivity contribution is -0.137. The third kappa shape index (κ3) is 22.9. The van der Waals surface area contributed by atoms with Crippen molar-refractivity contribution in [2.24, 2.45) is 10.8 Å². The molecule has 1 aliphatic rings. The molecular formula is C38H68N4O10. The Morgan fingerprint density at radius 1 is 0.596 bits per heavy atom. The van der Waals surface area contributed by atoms with Crippen molar-refractivity contribution in [1.29, 1.82) is 0 Å². The van der Waals surface area contributed by atoms with E-state index < -0.39 is 28.4 Å². The average Bonchev–Trinajstić information content (AvgIpc) is 3.36. The van der Waals surface area contributed by atoms with Crippen LogP contribution in [0.1, 0.15) is 101 Å². The van der Waals surface area contributed by atoms with Crippen molar-refractivity contribution in [3.8, 4) is 0 Å². The molecule has 0 bridgehead atoms. The number of nitrogens with one attached hydrogen (secondary N) is 3. The van der Waals surface area contributed by atoms with Gasteiger partial charge in [-0.1, -0.05) is 34.6 Å². The van der Waals surface area contributed by atoms with Gasteiger partial charge in [0.05, 0.1) is 58.5 Å². The molecule has 5 amide bonds. The van der Waals surface area contributed by atoms with Gasteiger partial charge in [-0.05, 0) is 58.8 Å². The molecule has 14 nitrogen and oxygen atoms in total. The van der Waals surface area contributed by atoms with Gasteiger partial charge in [-0.3, -0.25) is 28.9 Å². The van der Waals surface area contributed by atoms with Crippen molar-refractivity contribution in [2.75, 3.05) is 79.1 Å². The number of hydrogen-bond donors (Lipinski definition) is 3. The molecule has 0 aliphatic carbocycles. The number of imide groups is 1. The normalized spacial score (nSPS) is 13.9. The minimum absolute atomic E-state index is 0.0419. The molecular weight excluding hydrogens is 672 g/mol. The highest BCUT2D eigenvalue weighted by atomic mass is 16.6. The van der Waals surface area contributed by atoms with Gasteiger partial charge in [-0.25, -0.2) is 0 Å². The maximum absolute atomic E-state index is 13.0. The standard InChI is InChI=1S/C38H68N4O10/c1-35(2,3)14-15-36(4,5)34(47)41-37(6,7)17-22-52-38(8,9)16-18-39-31(44)13-21-48-24-26-50-28-29-51-27-25-49-23-19-40-30(43)12-20-42-32(45)10-11-33(42)46/h10-11H,12-29H2,1-9H3,(H,39,44)(H,40,43)(H,41,47). The Morgan fingerprint density at radius 3 is 1.65 bits per heavy atom. The zero-order valence-electron chi connectivity index (χ0n) is 33.4. The number of nitrogens with zero attached hydrogens (tertiary/aromatic N) is 1. The summed E-state index contributed by atoms with van der Waals surface area (Å²) in [5, 5.41) is 8.81. The molecule has 1 aliphatic heterocycles. The summed E-state index contributed by atoms with van der Waals surface area (Å²) in [6, 6.07) is 0. The molecule has 0 saturated heterocycles. The van der Waals surface area contributed by atoms with Crippen molar-refractivity contribution in [1.82, 2.24) is 20.9 Å². The monoisotopic (exact) mass is 740 g/mol. The third-order valence-electron chi connectivity index (χ3n) is 8.46. The van der Waals surface area contributed by atoms with Crippen molar-refractivity contribution in [2.45, 2.75) is 112 Å². The van der Waals surface area contributed by atoms with Crippen LogP contribution in [0.3, 0.4) is 0 Å². The van der Waals surface area contributed by atoms with Crippen LogP contribution in [-0.4, -0.2) is 125 Å². The van der Waals surface area contributed by atoms with Crippen LogP contribution >= 0.6 is 0 Å². The number of carbonyl (C=O) groups excluding carboxylic acids is 5. The molecule has 0 unspecified atom stereocenters. The summed E-state index contributed by atoms with van der Waals surface area (Å²) in [5.41, 5.74) is -1.08. The average molecular weight is 741 g/mol. The van der Waals surface area contributed by atoms with Crippen LogP contribution in [-0.2, 0) is 47.7 Å². The van der Waals surface area contributed by atoms with Gasteiger partial charge >= 0.3 is 0 Å². The second-order valence-electron chi connectivity index (χ2n) is 16.2. The summed E-state index contributed by atoms with van der Waals surface area (Å²) in [6.07, 6.45) is 5.81. The zero-order valence-corrected chi connectivity index (χ0v) is 33.4. The number of carbonyl (C=O) groups is 5. The van der Waals surface area contributed by atoms with E-state index in [4.69, 9.17) is 23.7 Å². The van der Waals surface area contributed by atoms with Gasteiger partial charge in [0.15, 0.2) is 0 Å². The Hall–Kier alpha value is -2.91. The SMILES string of the molecule is CC(C)(C)CCC(C)(C)C(=O)NC(C)(C)CCOC(C)(C)CCNC(=O)CCOCCOCCOCCOCCNC(=O)CCN1C(=O)C=CC1=O. The van der Waals surface area contributed by atoms with Crippen LogP contribution in [0.4, 0.5) is 0 Å². The molecule has 52 heavy (non-hydrogen) atoms. The minimum atomic E-state index is -0.438. The second-order valence-corrected chi connectivity index (χ2v) is 16.2. The van der Waals surface area contributed by atoms with Gasteiger partial charge in [0, 0.05) is 62.2 Å². The maximum Gasteiger partial charge on any atom is 0.253 e. The van der Waals surface area contributed by atoms with Gasteiger partial charge in [-0.15, -0.1) is 0 Å². The number of ether oxygens (including phenoxy) is 5. The first-order chi connectivity index (χ1) is 24.2. The molecule has 1 rings (SSSR count). The van der Waals surface area contributed by atoms with Crippen molar-refractivity contribution in [3.05, 3.63) is 12.2 Å². The van der Waals surface area contributed by atoms with E-state index >= 15 is 0 Å². The summed E-state index contributed by atoms with van der Waals surface area (Å²) < 4.78 is 28.0. The van der Waals surface area contributed by atoms with E-state index in [0.717, 1.165) is 17.7 Å². The largest absolute Gasteiger partial charge is 0.379 e. The van der Waals surface area contributed by atoms with E-state index in [1.807, 2.05) is 41.5 Å². The highest BCUT2D eigenvalue weighted by molar-refractivity contribution is 6.13. The molecule has 0 saturated carbocycles. The van der Waals surface area contributed by atoms with Gasteiger partial charge in [0.25, 0.3) is 11.8 Å². The predicted octanol–water partition coefficient (Wildman–Crippen LogP) is 3.31. The van der Waals surface area contributed by atoms with Crippen LogP contribution < -0.4 is 16.0 Å². The molecule has 14 heteroatoms. The minimum Gasteiger partial charge on any atom is -0.379 e. The summed E-state index contributed by atoms with van der Waals surface area (Å²) in [6.45, 7) is 22.9. The lowest BCUT2D eigenvalue weighted by Crippen LogP contribution is -2.49. The number of amides is 5. The molecule has 0 spiro atoms. The summed E-state index contributed by atoms with van der Waals surface area (Å²) >= 11 is 0. The van der Waals surface area contributed by atoms with Crippen LogP contribution in [0, 0.1) is 10.8 Å². The summed E-state index contributed by atoms with van der Waals surface area (Å²) in [7, 11) is 0. The van der Waals surface area contributed by atoms with E-state index in [-0.39, 0.29) is 42.5 Å². The van der Waals surface area contributed by atoms with Crippen molar-refractivity contribution in [3.63, 3.8) is 0 Å². The molecule has 0 aromatic rings. The van der Waals surface area contributed by atoms with E-state index in [1.54, 1.807) is 0 Å². The van der Waals surface area contributed by atoms with Crippen molar-refractivity contribution < 1.29 is 47.7 Å². The second kappa shape index (κ2) is 23.7. The van der Waals surface area contributed by atoms with Gasteiger partial charge < -0.3 is 39.6 Å². The first-order valence-electron chi connectivity index (χ1n) is 18.6. The lowest BCUT2D eigenvalue weighted by Gasteiger charge is -2.34. The first kappa shape index (κ1) is 47.1. The third-order valence-corrected chi connectivity index (χ3v) is 8.46. The Labute approximate surface area is 311 Å². The summed E-state index contributed by atoms with van der Waals surface area (Å²) in [4.78, 5) is 61.0. The van der Waals surface area contributed by atoms with E-state index in [1.165, 1.54) is 12.2 Å². The van der Waals surface area contributed by atoms with Gasteiger partial charge in [-0.2, -0.15) is 0 Å². The van der Waals surface area contributed by atoms with E-state index in [2.05, 4.69) is 36.7 Å². The van der Waals surface area contributed by atoms with Crippen LogP contribution in [0.15, 0.2) is 12.2 Å². The maximum atomic E-state index is 13.0. The lowest BCUT2D eigenvalue weighted by atomic mass is 9.79. The van der Waals surface area contributed by atoms with Crippen LogP contribution in [0.25, 0.3) is 0 Å². The van der Waals surface area contributed by atoms with Crippen molar-refractivity contribution >= 4 is 29.5 Å². The van der Waals surface area contributed by atoms with Crippen LogP contribution in [0.5, 0.6) is 0 Å². The Kier molecular flexibility index (Phi) is 21.5. The highest BCUT2D eigenvalue weighted by Gasteiger charge is 2.33. The summed E-state index contributed by atoms with van der Waals surface area (Å²) in [5.74, 6) is -1.09. The molecule has 0 radical (unpaired) electrons. The van der Waals surface area contributed by atoms with Crippen LogP contribution in [0.2, 0.25) is 0 Å².